The first kappa shape index (κ1) is 19.7. The summed E-state index contributed by atoms with van der Waals surface area (Å²) >= 11 is 2.32. The summed E-state index contributed by atoms with van der Waals surface area (Å²) in [6.07, 6.45) is 9.48. The molecule has 4 heteroatoms. The van der Waals surface area contributed by atoms with Crippen LogP contribution < -0.4 is 0 Å². The molecule has 1 heterocycles. The molecular weight excluding hydrogens is 415 g/mol. The molecule has 1 N–H and O–H groups in total. The van der Waals surface area contributed by atoms with Crippen molar-refractivity contribution >= 4 is 28.6 Å². The molecule has 3 nitrogen and oxygen atoms in total. The summed E-state index contributed by atoms with van der Waals surface area (Å²) in [5.41, 5.74) is 2.43. The maximum Gasteiger partial charge on any atom is 0.334 e. The molecule has 0 saturated carbocycles. The highest BCUT2D eigenvalue weighted by atomic mass is 127. The Labute approximate surface area is 159 Å². The van der Waals surface area contributed by atoms with Crippen molar-refractivity contribution < 1.29 is 14.6 Å². The lowest BCUT2D eigenvalue weighted by Gasteiger charge is -2.31. The van der Waals surface area contributed by atoms with Crippen LogP contribution >= 0.6 is 22.6 Å². The largest absolute Gasteiger partial charge is 0.458 e. The normalized spacial score (nSPS) is 36.3. The van der Waals surface area contributed by atoms with Crippen molar-refractivity contribution in [3.63, 3.8) is 0 Å². The molecule has 1 aliphatic carbocycles. The van der Waals surface area contributed by atoms with Crippen LogP contribution in [0.4, 0.5) is 0 Å². The van der Waals surface area contributed by atoms with Crippen LogP contribution in [0.25, 0.3) is 0 Å². The summed E-state index contributed by atoms with van der Waals surface area (Å²) < 4.78 is 5.62. The van der Waals surface area contributed by atoms with Crippen molar-refractivity contribution in [2.45, 2.75) is 74.9 Å². The van der Waals surface area contributed by atoms with Crippen LogP contribution in [0.3, 0.4) is 0 Å². The Bertz CT molecular complexity index is 559. The van der Waals surface area contributed by atoms with E-state index in [1.807, 2.05) is 6.92 Å². The van der Waals surface area contributed by atoms with Gasteiger partial charge in [0.15, 0.2) is 0 Å². The summed E-state index contributed by atoms with van der Waals surface area (Å²) in [5, 5.41) is 10.9. The molecule has 0 aromatic carbocycles. The molecule has 24 heavy (non-hydrogen) atoms. The molecule has 134 valence electrons. The van der Waals surface area contributed by atoms with E-state index in [1.54, 1.807) is 0 Å². The highest BCUT2D eigenvalue weighted by molar-refractivity contribution is 14.1. The zero-order valence-corrected chi connectivity index (χ0v) is 17.1. The monoisotopic (exact) mass is 444 g/mol. The van der Waals surface area contributed by atoms with Gasteiger partial charge in [0.05, 0.1) is 5.60 Å². The lowest BCUT2D eigenvalue weighted by Crippen LogP contribution is -2.37. The molecule has 0 amide bonds. The summed E-state index contributed by atoms with van der Waals surface area (Å²) in [6.45, 7) is 10.1. The topological polar surface area (TPSA) is 46.5 Å². The van der Waals surface area contributed by atoms with Crippen LogP contribution in [0.2, 0.25) is 0 Å². The van der Waals surface area contributed by atoms with Crippen molar-refractivity contribution in [3.8, 4) is 0 Å². The number of hydrogen-bond acceptors (Lipinski definition) is 3. The quantitative estimate of drug-likeness (QED) is 0.190. The van der Waals surface area contributed by atoms with Crippen LogP contribution in [0.1, 0.15) is 59.3 Å². The van der Waals surface area contributed by atoms with Gasteiger partial charge in [-0.3, -0.25) is 0 Å². The standard InChI is InChI=1S/C20H29IO3/c1-13-7-5-8-14(2)11-17-16(15(3)19(22)24-17)12-18(21)20(4,23)10-6-9-13/h8-9,16-18,23H,3,5-7,10-12H2,1-2,4H3/t16-,17+,18-,20+/m0/s1. The first-order valence-electron chi connectivity index (χ1n) is 8.78. The molecule has 2 rings (SSSR count). The van der Waals surface area contributed by atoms with E-state index in [-0.39, 0.29) is 21.9 Å². The minimum absolute atomic E-state index is 0.00514. The number of allylic oxidation sites excluding steroid dienone is 3. The fourth-order valence-electron chi connectivity index (χ4n) is 3.44. The Hall–Kier alpha value is -0.620. The van der Waals surface area contributed by atoms with Gasteiger partial charge >= 0.3 is 5.97 Å². The van der Waals surface area contributed by atoms with Gasteiger partial charge in [-0.05, 0) is 52.9 Å². The van der Waals surface area contributed by atoms with E-state index in [4.69, 9.17) is 4.74 Å². The van der Waals surface area contributed by atoms with Crippen molar-refractivity contribution in [1.29, 1.82) is 0 Å². The van der Waals surface area contributed by atoms with Crippen molar-refractivity contribution in [3.05, 3.63) is 35.5 Å². The van der Waals surface area contributed by atoms with E-state index in [2.05, 4.69) is 55.2 Å². The molecular formula is C20H29IO3. The molecule has 0 bridgehead atoms. The Morgan fingerprint density at radius 1 is 1.29 bits per heavy atom. The first-order chi connectivity index (χ1) is 11.2. The Kier molecular flexibility index (Phi) is 6.71. The number of hydrogen-bond donors (Lipinski definition) is 1. The Morgan fingerprint density at radius 2 is 1.96 bits per heavy atom. The third-order valence-corrected chi connectivity index (χ3v) is 7.10. The molecule has 1 saturated heterocycles. The van der Waals surface area contributed by atoms with Gasteiger partial charge in [-0.1, -0.05) is 52.5 Å². The number of ether oxygens (including phenoxy) is 1. The van der Waals surface area contributed by atoms with Gasteiger partial charge in [0.2, 0.25) is 0 Å². The van der Waals surface area contributed by atoms with E-state index < -0.39 is 5.60 Å². The molecule has 1 fully saturated rings. The fraction of sp³-hybridized carbons (Fsp3) is 0.650. The molecule has 0 spiro atoms. The number of fused-ring (bicyclic) bond motifs is 1. The Balaban J connectivity index is 2.24. The van der Waals surface area contributed by atoms with Crippen LogP contribution in [-0.4, -0.2) is 26.7 Å². The highest BCUT2D eigenvalue weighted by Gasteiger charge is 2.42. The van der Waals surface area contributed by atoms with Gasteiger partial charge in [-0.2, -0.15) is 0 Å². The minimum atomic E-state index is -0.761. The number of aliphatic hydroxyl groups is 1. The number of alkyl halides is 1. The molecule has 1 aliphatic heterocycles. The molecule has 2 aliphatic rings. The second-order valence-electron chi connectivity index (χ2n) is 7.52. The molecule has 0 radical (unpaired) electrons. The summed E-state index contributed by atoms with van der Waals surface area (Å²) in [5.74, 6) is -0.280. The molecule has 0 aromatic rings. The lowest BCUT2D eigenvalue weighted by atomic mass is 9.83. The third kappa shape index (κ3) is 4.94. The fourth-order valence-corrected chi connectivity index (χ4v) is 4.30. The number of carbonyl (C=O) groups excluding carboxylic acids is 1. The number of esters is 1. The van der Waals surface area contributed by atoms with E-state index >= 15 is 0 Å². The zero-order valence-electron chi connectivity index (χ0n) is 15.0. The maximum atomic E-state index is 12.0. The zero-order chi connectivity index (χ0) is 17.9. The lowest BCUT2D eigenvalue weighted by molar-refractivity contribution is -0.139. The van der Waals surface area contributed by atoms with E-state index in [1.165, 1.54) is 11.1 Å². The number of rotatable bonds is 0. The van der Waals surface area contributed by atoms with Crippen LogP contribution in [0.15, 0.2) is 35.5 Å². The van der Waals surface area contributed by atoms with E-state index in [0.29, 0.717) is 5.57 Å². The second kappa shape index (κ2) is 8.17. The van der Waals surface area contributed by atoms with E-state index in [9.17, 15) is 9.90 Å². The third-order valence-electron chi connectivity index (χ3n) is 5.25. The summed E-state index contributed by atoms with van der Waals surface area (Å²) in [4.78, 5) is 12.0. The molecule has 0 unspecified atom stereocenters. The van der Waals surface area contributed by atoms with Crippen molar-refractivity contribution in [2.75, 3.05) is 0 Å². The van der Waals surface area contributed by atoms with Gasteiger partial charge < -0.3 is 9.84 Å². The molecule has 4 atom stereocenters. The SMILES string of the molecule is C=C1C(=O)O[C@@H]2CC(C)=CCCC(C)=CCC[C@@](C)(O)[C@@H](I)C[C@@H]12. The number of halogens is 1. The summed E-state index contributed by atoms with van der Waals surface area (Å²) in [7, 11) is 0. The first-order valence-corrected chi connectivity index (χ1v) is 10.0. The highest BCUT2D eigenvalue weighted by Crippen LogP contribution is 2.39. The average Bonchev–Trinajstić information content (AvgIpc) is 2.73. The predicted molar refractivity (Wildman–Crippen MR) is 106 cm³/mol. The van der Waals surface area contributed by atoms with Gasteiger partial charge in [0.1, 0.15) is 6.10 Å². The smallest absolute Gasteiger partial charge is 0.334 e. The van der Waals surface area contributed by atoms with Gasteiger partial charge in [0, 0.05) is 21.8 Å². The minimum Gasteiger partial charge on any atom is -0.458 e. The van der Waals surface area contributed by atoms with Crippen LogP contribution in [-0.2, 0) is 9.53 Å². The van der Waals surface area contributed by atoms with E-state index in [0.717, 1.165) is 38.5 Å². The number of carbonyl (C=O) groups is 1. The van der Waals surface area contributed by atoms with Gasteiger partial charge in [-0.25, -0.2) is 4.79 Å². The predicted octanol–water partition coefficient (Wildman–Crippen LogP) is 4.89. The van der Waals surface area contributed by atoms with Crippen molar-refractivity contribution in [1.82, 2.24) is 0 Å². The van der Waals surface area contributed by atoms with Crippen LogP contribution in [0.5, 0.6) is 0 Å². The second-order valence-corrected chi connectivity index (χ2v) is 9.02. The van der Waals surface area contributed by atoms with Crippen LogP contribution in [0, 0.1) is 5.92 Å². The maximum absolute atomic E-state index is 12.0. The summed E-state index contributed by atoms with van der Waals surface area (Å²) in [6, 6.07) is 0. The van der Waals surface area contributed by atoms with Crippen molar-refractivity contribution in [2.24, 2.45) is 5.92 Å². The van der Waals surface area contributed by atoms with Gasteiger partial charge in [-0.15, -0.1) is 0 Å². The Morgan fingerprint density at radius 3 is 2.67 bits per heavy atom. The van der Waals surface area contributed by atoms with Gasteiger partial charge in [0.25, 0.3) is 0 Å². The average molecular weight is 444 g/mol. The molecule has 0 aromatic heterocycles.